The molecule has 1 N–H and O–H groups in total. The molecule has 5 heteroatoms. The molecule has 0 amide bonds. The van der Waals surface area contributed by atoms with Gasteiger partial charge in [0, 0.05) is 10.6 Å². The minimum absolute atomic E-state index is 0.0960. The van der Waals surface area contributed by atoms with Crippen LogP contribution < -0.4 is 0 Å². The highest BCUT2D eigenvalue weighted by molar-refractivity contribution is 6.30. The lowest BCUT2D eigenvalue weighted by atomic mass is 10.1. The monoisotopic (exact) mass is 322 g/mol. The van der Waals surface area contributed by atoms with Gasteiger partial charge in [-0.1, -0.05) is 43.7 Å². The summed E-state index contributed by atoms with van der Waals surface area (Å²) in [7, 11) is 0. The lowest BCUT2D eigenvalue weighted by molar-refractivity contribution is -0.147. The maximum atomic E-state index is 12.2. The third-order valence-corrected chi connectivity index (χ3v) is 4.48. The number of carboxylic acids is 1. The number of ether oxygens (including phenoxy) is 1. The van der Waals surface area contributed by atoms with Crippen LogP contribution in [0.4, 0.5) is 0 Å². The van der Waals surface area contributed by atoms with Gasteiger partial charge in [-0.15, -0.1) is 0 Å². The predicted octanol–water partition coefficient (Wildman–Crippen LogP) is 3.69. The van der Waals surface area contributed by atoms with Crippen LogP contribution in [-0.2, 0) is 20.9 Å². The summed E-state index contributed by atoms with van der Waals surface area (Å²) in [6.07, 6.45) is 1.65. The van der Waals surface area contributed by atoms with Gasteiger partial charge in [-0.25, -0.2) is 4.79 Å². The fourth-order valence-corrected chi connectivity index (χ4v) is 2.73. The molecular weight excluding hydrogens is 304 g/mol. The normalized spacial score (nSPS) is 23.0. The van der Waals surface area contributed by atoms with E-state index in [-0.39, 0.29) is 35.4 Å². The summed E-state index contributed by atoms with van der Waals surface area (Å²) in [5.41, 5.74) is 0.851. The Bertz CT molecular complexity index is 616. The number of aliphatic carboxylic acids is 1. The van der Waals surface area contributed by atoms with Gasteiger partial charge in [-0.05, 0) is 36.0 Å². The van der Waals surface area contributed by atoms with Crippen molar-refractivity contribution in [1.29, 1.82) is 0 Å². The van der Waals surface area contributed by atoms with E-state index in [1.165, 1.54) is 6.92 Å². The van der Waals surface area contributed by atoms with Gasteiger partial charge in [-0.2, -0.15) is 0 Å². The molecule has 1 aromatic rings. The van der Waals surface area contributed by atoms with Crippen molar-refractivity contribution in [3.63, 3.8) is 0 Å². The van der Waals surface area contributed by atoms with Gasteiger partial charge in [-0.3, -0.25) is 4.79 Å². The molecule has 0 aliphatic heterocycles. The molecule has 1 aliphatic carbocycles. The van der Waals surface area contributed by atoms with Crippen molar-refractivity contribution in [1.82, 2.24) is 0 Å². The molecule has 4 nitrogen and oxygen atoms in total. The molecule has 2 rings (SSSR count). The van der Waals surface area contributed by atoms with Crippen LogP contribution in [0.3, 0.4) is 0 Å². The first-order valence-electron chi connectivity index (χ1n) is 7.06. The highest BCUT2D eigenvalue weighted by Gasteiger charge is 2.61. The van der Waals surface area contributed by atoms with Crippen molar-refractivity contribution in [2.75, 3.05) is 0 Å². The van der Waals surface area contributed by atoms with Crippen molar-refractivity contribution >= 4 is 23.5 Å². The topological polar surface area (TPSA) is 63.6 Å². The molecular formula is C17H19ClO4. The third kappa shape index (κ3) is 3.50. The minimum Gasteiger partial charge on any atom is -0.478 e. The first-order valence-corrected chi connectivity index (χ1v) is 7.44. The van der Waals surface area contributed by atoms with Crippen molar-refractivity contribution in [2.45, 2.75) is 27.4 Å². The van der Waals surface area contributed by atoms with Gasteiger partial charge in [0.2, 0.25) is 0 Å². The van der Waals surface area contributed by atoms with Crippen molar-refractivity contribution in [3.05, 3.63) is 46.5 Å². The number of halogens is 1. The van der Waals surface area contributed by atoms with Crippen molar-refractivity contribution in [2.24, 2.45) is 17.3 Å². The zero-order chi connectivity index (χ0) is 16.5. The van der Waals surface area contributed by atoms with E-state index >= 15 is 0 Å². The van der Waals surface area contributed by atoms with Crippen LogP contribution in [0.2, 0.25) is 5.02 Å². The molecule has 0 radical (unpaired) electrons. The minimum atomic E-state index is -0.962. The van der Waals surface area contributed by atoms with Crippen molar-refractivity contribution < 1.29 is 19.4 Å². The van der Waals surface area contributed by atoms with E-state index in [0.717, 1.165) is 5.56 Å². The van der Waals surface area contributed by atoms with Crippen LogP contribution in [0.5, 0.6) is 0 Å². The average molecular weight is 323 g/mol. The predicted molar refractivity (Wildman–Crippen MR) is 83.4 cm³/mol. The number of carbonyl (C=O) groups excluding carboxylic acids is 1. The summed E-state index contributed by atoms with van der Waals surface area (Å²) in [6, 6.07) is 7.10. The highest BCUT2D eigenvalue weighted by Crippen LogP contribution is 2.59. The second kappa shape index (κ2) is 6.13. The van der Waals surface area contributed by atoms with Crippen LogP contribution in [0, 0.1) is 17.3 Å². The standard InChI is InChI=1S/C17H19ClO4/c1-10(15(19)20)8-13-14(17(13,2)3)16(21)22-9-11-4-6-12(18)7-5-11/h4-8,13-14H,9H2,1-3H3,(H,19,20). The molecule has 0 aromatic heterocycles. The van der Waals surface area contributed by atoms with E-state index in [1.54, 1.807) is 30.3 Å². The molecule has 2 unspecified atom stereocenters. The molecule has 0 spiro atoms. The van der Waals surface area contributed by atoms with Gasteiger partial charge in [0.25, 0.3) is 0 Å². The average Bonchev–Trinajstić information content (AvgIpc) is 2.98. The second-order valence-electron chi connectivity index (χ2n) is 6.21. The number of carbonyl (C=O) groups is 2. The zero-order valence-electron chi connectivity index (χ0n) is 12.8. The van der Waals surface area contributed by atoms with Crippen LogP contribution >= 0.6 is 11.6 Å². The quantitative estimate of drug-likeness (QED) is 0.663. The molecule has 1 aromatic carbocycles. The number of allylic oxidation sites excluding steroid dienone is 1. The number of benzene rings is 1. The lowest BCUT2D eigenvalue weighted by Gasteiger charge is -2.06. The first-order chi connectivity index (χ1) is 10.2. The van der Waals surface area contributed by atoms with Gasteiger partial charge < -0.3 is 9.84 Å². The summed E-state index contributed by atoms with van der Waals surface area (Å²) in [4.78, 5) is 23.1. The Kier molecular flexibility index (Phi) is 4.61. The molecule has 1 aliphatic rings. The fourth-order valence-electron chi connectivity index (χ4n) is 2.60. The van der Waals surface area contributed by atoms with E-state index in [0.29, 0.717) is 5.02 Å². The Hall–Kier alpha value is -1.81. The van der Waals surface area contributed by atoms with E-state index in [1.807, 2.05) is 13.8 Å². The van der Waals surface area contributed by atoms with Crippen LogP contribution in [0.1, 0.15) is 26.3 Å². The zero-order valence-corrected chi connectivity index (χ0v) is 13.6. The fraction of sp³-hybridized carbons (Fsp3) is 0.412. The Morgan fingerprint density at radius 2 is 1.91 bits per heavy atom. The molecule has 2 atom stereocenters. The van der Waals surface area contributed by atoms with E-state index in [4.69, 9.17) is 21.4 Å². The SMILES string of the molecule is CC(=CC1C(C(=O)OCc2ccc(Cl)cc2)C1(C)C)C(=O)O. The van der Waals surface area contributed by atoms with Crippen LogP contribution in [0.15, 0.2) is 35.9 Å². The molecule has 0 heterocycles. The third-order valence-electron chi connectivity index (χ3n) is 4.23. The molecule has 118 valence electrons. The van der Waals surface area contributed by atoms with E-state index in [2.05, 4.69) is 0 Å². The second-order valence-corrected chi connectivity index (χ2v) is 6.65. The summed E-state index contributed by atoms with van der Waals surface area (Å²) < 4.78 is 5.34. The van der Waals surface area contributed by atoms with Crippen LogP contribution in [0.25, 0.3) is 0 Å². The van der Waals surface area contributed by atoms with Crippen molar-refractivity contribution in [3.8, 4) is 0 Å². The Morgan fingerprint density at radius 1 is 1.32 bits per heavy atom. The van der Waals surface area contributed by atoms with Crippen LogP contribution in [-0.4, -0.2) is 17.0 Å². The van der Waals surface area contributed by atoms with Gasteiger partial charge in [0.1, 0.15) is 6.61 Å². The maximum absolute atomic E-state index is 12.2. The summed E-state index contributed by atoms with van der Waals surface area (Å²) in [5.74, 6) is -1.65. The Morgan fingerprint density at radius 3 is 2.45 bits per heavy atom. The van der Waals surface area contributed by atoms with E-state index in [9.17, 15) is 9.59 Å². The smallest absolute Gasteiger partial charge is 0.330 e. The summed E-state index contributed by atoms with van der Waals surface area (Å²) in [5, 5.41) is 9.57. The Balaban J connectivity index is 1.97. The number of hydrogen-bond donors (Lipinski definition) is 1. The summed E-state index contributed by atoms with van der Waals surface area (Å²) in [6.45, 7) is 5.61. The molecule has 1 saturated carbocycles. The lowest BCUT2D eigenvalue weighted by Crippen LogP contribution is -2.10. The van der Waals surface area contributed by atoms with E-state index < -0.39 is 5.97 Å². The number of carboxylic acid groups (broad SMARTS) is 1. The maximum Gasteiger partial charge on any atom is 0.330 e. The van der Waals surface area contributed by atoms with Gasteiger partial charge in [0.05, 0.1) is 5.92 Å². The molecule has 0 saturated heterocycles. The number of hydrogen-bond acceptors (Lipinski definition) is 3. The largest absolute Gasteiger partial charge is 0.478 e. The number of rotatable bonds is 5. The van der Waals surface area contributed by atoms with Gasteiger partial charge >= 0.3 is 11.9 Å². The Labute approximate surface area is 134 Å². The highest BCUT2D eigenvalue weighted by atomic mass is 35.5. The summed E-state index contributed by atoms with van der Waals surface area (Å²) >= 11 is 5.80. The molecule has 1 fully saturated rings. The molecule has 0 bridgehead atoms. The molecule has 22 heavy (non-hydrogen) atoms. The number of esters is 1. The first kappa shape index (κ1) is 16.6. The van der Waals surface area contributed by atoms with Gasteiger partial charge in [0.15, 0.2) is 0 Å².